The molecule has 3 nitrogen and oxygen atoms in total. The number of hydrogen-bond acceptors (Lipinski definition) is 2. The minimum absolute atomic E-state index is 0.208. The van der Waals surface area contributed by atoms with E-state index in [1.54, 1.807) is 12.1 Å². The van der Waals surface area contributed by atoms with E-state index in [4.69, 9.17) is 11.1 Å². The first-order chi connectivity index (χ1) is 8.86. The summed E-state index contributed by atoms with van der Waals surface area (Å²) in [6.45, 7) is 7.70. The van der Waals surface area contributed by atoms with Crippen molar-refractivity contribution in [3.05, 3.63) is 30.1 Å². The van der Waals surface area contributed by atoms with Crippen LogP contribution in [0.25, 0.3) is 0 Å². The SMILES string of the molecule is CCN(CCCC(C)(C)C(=N)N)c1cccc(F)c1. The average Bonchev–Trinajstić information content (AvgIpc) is 2.34. The van der Waals surface area contributed by atoms with Gasteiger partial charge in [-0.3, -0.25) is 5.41 Å². The van der Waals surface area contributed by atoms with Crippen LogP contribution in [-0.2, 0) is 0 Å². The van der Waals surface area contributed by atoms with Crippen LogP contribution in [0.15, 0.2) is 24.3 Å². The van der Waals surface area contributed by atoms with Crippen molar-refractivity contribution in [3.63, 3.8) is 0 Å². The van der Waals surface area contributed by atoms with Crippen LogP contribution in [0.1, 0.15) is 33.6 Å². The molecule has 0 radical (unpaired) electrons. The first-order valence-electron chi connectivity index (χ1n) is 6.72. The van der Waals surface area contributed by atoms with Crippen molar-refractivity contribution < 1.29 is 4.39 Å². The molecule has 0 fully saturated rings. The molecule has 1 rings (SSSR count). The van der Waals surface area contributed by atoms with Gasteiger partial charge in [0.1, 0.15) is 5.82 Å². The molecular formula is C15H24FN3. The number of anilines is 1. The third-order valence-electron chi connectivity index (χ3n) is 3.51. The summed E-state index contributed by atoms with van der Waals surface area (Å²) in [6, 6.07) is 6.66. The van der Waals surface area contributed by atoms with E-state index in [9.17, 15) is 4.39 Å². The van der Waals surface area contributed by atoms with E-state index in [0.29, 0.717) is 0 Å². The molecular weight excluding hydrogens is 241 g/mol. The highest BCUT2D eigenvalue weighted by Crippen LogP contribution is 2.23. The van der Waals surface area contributed by atoms with Crippen molar-refractivity contribution in [3.8, 4) is 0 Å². The molecule has 4 heteroatoms. The zero-order chi connectivity index (χ0) is 14.5. The second-order valence-corrected chi connectivity index (χ2v) is 5.46. The van der Waals surface area contributed by atoms with Crippen LogP contribution < -0.4 is 10.6 Å². The summed E-state index contributed by atoms with van der Waals surface area (Å²) in [7, 11) is 0. The number of hydrogen-bond donors (Lipinski definition) is 2. The predicted octanol–water partition coefficient (Wildman–Crippen LogP) is 3.39. The van der Waals surface area contributed by atoms with Crippen LogP contribution >= 0.6 is 0 Å². The topological polar surface area (TPSA) is 53.1 Å². The summed E-state index contributed by atoms with van der Waals surface area (Å²) in [5.41, 5.74) is 6.21. The molecule has 0 aliphatic heterocycles. The lowest BCUT2D eigenvalue weighted by atomic mass is 9.86. The van der Waals surface area contributed by atoms with Crippen LogP contribution in [-0.4, -0.2) is 18.9 Å². The molecule has 0 aliphatic carbocycles. The first kappa shape index (κ1) is 15.5. The maximum atomic E-state index is 13.2. The molecule has 0 saturated heterocycles. The van der Waals surface area contributed by atoms with E-state index in [0.717, 1.165) is 31.6 Å². The molecule has 3 N–H and O–H groups in total. The molecule has 0 bridgehead atoms. The highest BCUT2D eigenvalue weighted by Gasteiger charge is 2.21. The van der Waals surface area contributed by atoms with Gasteiger partial charge < -0.3 is 10.6 Å². The Kier molecular flexibility index (Phi) is 5.33. The smallest absolute Gasteiger partial charge is 0.125 e. The van der Waals surface area contributed by atoms with Gasteiger partial charge in [-0.05, 0) is 38.0 Å². The Morgan fingerprint density at radius 3 is 2.63 bits per heavy atom. The number of benzene rings is 1. The maximum absolute atomic E-state index is 13.2. The molecule has 106 valence electrons. The molecule has 0 aliphatic rings. The van der Waals surface area contributed by atoms with Crippen LogP contribution in [0.2, 0.25) is 0 Å². The zero-order valence-corrected chi connectivity index (χ0v) is 12.0. The van der Waals surface area contributed by atoms with E-state index in [-0.39, 0.29) is 17.1 Å². The standard InChI is InChI=1S/C15H24FN3/c1-4-19(13-8-5-7-12(16)11-13)10-6-9-15(2,3)14(17)18/h5,7-8,11H,4,6,9-10H2,1-3H3,(H3,17,18). The third kappa shape index (κ3) is 4.54. The Balaban J connectivity index is 2.57. The quantitative estimate of drug-likeness (QED) is 0.586. The monoisotopic (exact) mass is 265 g/mol. The van der Waals surface area contributed by atoms with Crippen molar-refractivity contribution in [2.75, 3.05) is 18.0 Å². The van der Waals surface area contributed by atoms with E-state index < -0.39 is 0 Å². The number of rotatable bonds is 7. The second kappa shape index (κ2) is 6.55. The van der Waals surface area contributed by atoms with Crippen LogP contribution in [0, 0.1) is 16.6 Å². The van der Waals surface area contributed by atoms with Crippen molar-refractivity contribution in [1.82, 2.24) is 0 Å². The van der Waals surface area contributed by atoms with E-state index in [1.165, 1.54) is 6.07 Å². The summed E-state index contributed by atoms with van der Waals surface area (Å²) in [4.78, 5) is 2.14. The molecule has 19 heavy (non-hydrogen) atoms. The first-order valence-corrected chi connectivity index (χ1v) is 6.72. The fourth-order valence-electron chi connectivity index (χ4n) is 1.99. The number of halogens is 1. The molecule has 0 spiro atoms. The Bertz CT molecular complexity index is 429. The molecule has 1 aromatic rings. The Hall–Kier alpha value is -1.58. The van der Waals surface area contributed by atoms with Crippen molar-refractivity contribution >= 4 is 11.5 Å². The van der Waals surface area contributed by atoms with Gasteiger partial charge in [-0.1, -0.05) is 19.9 Å². The molecule has 0 aromatic heterocycles. The van der Waals surface area contributed by atoms with Crippen LogP contribution in [0.5, 0.6) is 0 Å². The van der Waals surface area contributed by atoms with E-state index in [1.807, 2.05) is 19.9 Å². The van der Waals surface area contributed by atoms with Gasteiger partial charge in [0.15, 0.2) is 0 Å². The van der Waals surface area contributed by atoms with Crippen molar-refractivity contribution in [2.24, 2.45) is 11.1 Å². The zero-order valence-electron chi connectivity index (χ0n) is 12.0. The second-order valence-electron chi connectivity index (χ2n) is 5.46. The van der Waals surface area contributed by atoms with Crippen molar-refractivity contribution in [2.45, 2.75) is 33.6 Å². The van der Waals surface area contributed by atoms with Gasteiger partial charge in [-0.25, -0.2) is 4.39 Å². The Morgan fingerprint density at radius 2 is 2.11 bits per heavy atom. The predicted molar refractivity (Wildman–Crippen MR) is 79.2 cm³/mol. The number of nitrogens with zero attached hydrogens (tertiary/aromatic N) is 1. The number of nitrogens with two attached hydrogens (primary N) is 1. The highest BCUT2D eigenvalue weighted by atomic mass is 19.1. The summed E-state index contributed by atoms with van der Waals surface area (Å²) < 4.78 is 13.2. The highest BCUT2D eigenvalue weighted by molar-refractivity contribution is 5.82. The Morgan fingerprint density at radius 1 is 1.42 bits per heavy atom. The lowest BCUT2D eigenvalue weighted by molar-refractivity contribution is 0.450. The van der Waals surface area contributed by atoms with Crippen LogP contribution in [0.4, 0.5) is 10.1 Å². The summed E-state index contributed by atoms with van der Waals surface area (Å²) in [5.74, 6) is 0.0151. The minimum atomic E-state index is -0.263. The average molecular weight is 265 g/mol. The van der Waals surface area contributed by atoms with Crippen LogP contribution in [0.3, 0.4) is 0 Å². The molecule has 1 aromatic carbocycles. The fraction of sp³-hybridized carbons (Fsp3) is 0.533. The Labute approximate surface area is 115 Å². The lowest BCUT2D eigenvalue weighted by Crippen LogP contribution is -2.32. The van der Waals surface area contributed by atoms with E-state index in [2.05, 4.69) is 11.8 Å². The summed E-state index contributed by atoms with van der Waals surface area (Å²) in [5, 5.41) is 7.53. The number of nitrogens with one attached hydrogen (secondary N) is 1. The van der Waals surface area contributed by atoms with Gasteiger partial charge in [0.2, 0.25) is 0 Å². The third-order valence-corrected chi connectivity index (χ3v) is 3.51. The maximum Gasteiger partial charge on any atom is 0.125 e. The van der Waals surface area contributed by atoms with Gasteiger partial charge in [-0.2, -0.15) is 0 Å². The fourth-order valence-corrected chi connectivity index (χ4v) is 1.99. The summed E-state index contributed by atoms with van der Waals surface area (Å²) >= 11 is 0. The van der Waals surface area contributed by atoms with Gasteiger partial charge in [-0.15, -0.1) is 0 Å². The summed E-state index contributed by atoms with van der Waals surface area (Å²) in [6.07, 6.45) is 1.78. The van der Waals surface area contributed by atoms with Gasteiger partial charge in [0, 0.05) is 24.2 Å². The number of amidine groups is 1. The molecule has 0 heterocycles. The van der Waals surface area contributed by atoms with Gasteiger partial charge in [0.05, 0.1) is 5.84 Å². The van der Waals surface area contributed by atoms with Gasteiger partial charge >= 0.3 is 0 Å². The van der Waals surface area contributed by atoms with Crippen molar-refractivity contribution in [1.29, 1.82) is 5.41 Å². The molecule has 0 saturated carbocycles. The lowest BCUT2D eigenvalue weighted by Gasteiger charge is -2.27. The normalized spacial score (nSPS) is 11.4. The molecule has 0 atom stereocenters. The largest absolute Gasteiger partial charge is 0.387 e. The molecule has 0 amide bonds. The minimum Gasteiger partial charge on any atom is -0.387 e. The van der Waals surface area contributed by atoms with Gasteiger partial charge in [0.25, 0.3) is 0 Å². The van der Waals surface area contributed by atoms with E-state index >= 15 is 0 Å². The molecule has 0 unspecified atom stereocenters.